The van der Waals surface area contributed by atoms with Gasteiger partial charge in [-0.1, -0.05) is 18.2 Å². The van der Waals surface area contributed by atoms with Crippen molar-refractivity contribution in [3.63, 3.8) is 0 Å². The third-order valence-electron chi connectivity index (χ3n) is 2.78. The van der Waals surface area contributed by atoms with E-state index in [0.29, 0.717) is 19.4 Å². The average molecular weight is 343 g/mol. The molecule has 0 saturated carbocycles. The number of amides is 1. The van der Waals surface area contributed by atoms with E-state index in [2.05, 4.69) is 5.32 Å². The summed E-state index contributed by atoms with van der Waals surface area (Å²) in [6, 6.07) is 8.01. The third kappa shape index (κ3) is 7.99. The first-order valence-corrected chi connectivity index (χ1v) is 8.96. The highest BCUT2D eigenvalue weighted by Gasteiger charge is 2.19. The van der Waals surface area contributed by atoms with Crippen molar-refractivity contribution in [3.05, 3.63) is 30.3 Å². The molecule has 1 aromatic rings. The van der Waals surface area contributed by atoms with E-state index < -0.39 is 27.9 Å². The standard InChI is InChI=1S/C16H25NO5S/c1-13(9-8-12-17-15(18)21-16(2,3)4)22-23(19,20)14-10-6-5-7-11-14/h5-7,10-11,13H,8-9,12H2,1-4H3,(H,17,18). The van der Waals surface area contributed by atoms with Gasteiger partial charge in [-0.2, -0.15) is 8.42 Å². The van der Waals surface area contributed by atoms with Gasteiger partial charge in [0.15, 0.2) is 0 Å². The summed E-state index contributed by atoms with van der Waals surface area (Å²) in [5.41, 5.74) is -0.537. The molecule has 0 aliphatic heterocycles. The van der Waals surface area contributed by atoms with E-state index in [0.717, 1.165) is 0 Å². The molecule has 0 saturated heterocycles. The van der Waals surface area contributed by atoms with Gasteiger partial charge in [0.1, 0.15) is 5.60 Å². The van der Waals surface area contributed by atoms with Crippen LogP contribution >= 0.6 is 0 Å². The van der Waals surface area contributed by atoms with Gasteiger partial charge >= 0.3 is 6.09 Å². The number of ether oxygens (including phenoxy) is 1. The number of hydrogen-bond acceptors (Lipinski definition) is 5. The Hall–Kier alpha value is -1.60. The molecule has 1 rings (SSSR count). The Labute approximate surface area is 138 Å². The molecule has 1 unspecified atom stereocenters. The molecule has 23 heavy (non-hydrogen) atoms. The average Bonchev–Trinajstić information content (AvgIpc) is 2.42. The quantitative estimate of drug-likeness (QED) is 0.608. The first-order chi connectivity index (χ1) is 10.6. The smallest absolute Gasteiger partial charge is 0.407 e. The molecule has 0 aromatic heterocycles. The molecule has 1 aromatic carbocycles. The van der Waals surface area contributed by atoms with Crippen molar-refractivity contribution in [3.8, 4) is 0 Å². The fourth-order valence-electron chi connectivity index (χ4n) is 1.80. The van der Waals surface area contributed by atoms with Gasteiger partial charge in [0.05, 0.1) is 11.0 Å². The topological polar surface area (TPSA) is 81.7 Å². The molecule has 0 aliphatic rings. The predicted octanol–water partition coefficient (Wildman–Crippen LogP) is 3.09. The van der Waals surface area contributed by atoms with Crippen LogP contribution in [0.25, 0.3) is 0 Å². The molecular weight excluding hydrogens is 318 g/mol. The molecule has 0 heterocycles. The molecule has 7 heteroatoms. The monoisotopic (exact) mass is 343 g/mol. The predicted molar refractivity (Wildman–Crippen MR) is 87.6 cm³/mol. The first kappa shape index (κ1) is 19.4. The maximum atomic E-state index is 12.0. The minimum Gasteiger partial charge on any atom is -0.444 e. The van der Waals surface area contributed by atoms with Gasteiger partial charge in [-0.15, -0.1) is 0 Å². The second kappa shape index (κ2) is 8.31. The minimum atomic E-state index is -3.75. The summed E-state index contributed by atoms with van der Waals surface area (Å²) in [5.74, 6) is 0. The maximum absolute atomic E-state index is 12.0. The van der Waals surface area contributed by atoms with E-state index >= 15 is 0 Å². The molecule has 1 N–H and O–H groups in total. The number of carbonyl (C=O) groups is 1. The van der Waals surface area contributed by atoms with E-state index in [-0.39, 0.29) is 4.90 Å². The lowest BCUT2D eigenvalue weighted by Gasteiger charge is -2.19. The summed E-state index contributed by atoms with van der Waals surface area (Å²) in [7, 11) is -3.75. The zero-order chi connectivity index (χ0) is 17.5. The Morgan fingerprint density at radius 1 is 1.22 bits per heavy atom. The van der Waals surface area contributed by atoms with Gasteiger partial charge in [-0.05, 0) is 52.7 Å². The summed E-state index contributed by atoms with van der Waals surface area (Å²) < 4.78 is 34.3. The number of alkyl carbamates (subject to hydrolysis) is 1. The number of carbonyl (C=O) groups excluding carboxylic acids is 1. The first-order valence-electron chi connectivity index (χ1n) is 7.55. The van der Waals surface area contributed by atoms with Crippen molar-refractivity contribution in [2.45, 2.75) is 57.1 Å². The molecule has 1 atom stereocenters. The zero-order valence-electron chi connectivity index (χ0n) is 14.0. The van der Waals surface area contributed by atoms with Crippen molar-refractivity contribution in [1.29, 1.82) is 0 Å². The highest BCUT2D eigenvalue weighted by atomic mass is 32.2. The number of benzene rings is 1. The van der Waals surface area contributed by atoms with Crippen molar-refractivity contribution in [2.75, 3.05) is 6.54 Å². The maximum Gasteiger partial charge on any atom is 0.407 e. The molecule has 0 fully saturated rings. The number of hydrogen-bond donors (Lipinski definition) is 1. The van der Waals surface area contributed by atoms with E-state index in [9.17, 15) is 13.2 Å². The lowest BCUT2D eigenvalue weighted by Crippen LogP contribution is -2.33. The Balaban J connectivity index is 2.32. The molecule has 0 aliphatic carbocycles. The van der Waals surface area contributed by atoms with Crippen LogP contribution in [0.3, 0.4) is 0 Å². The summed E-state index contributed by atoms with van der Waals surface area (Å²) in [5, 5.41) is 2.62. The van der Waals surface area contributed by atoms with E-state index in [1.165, 1.54) is 12.1 Å². The molecule has 130 valence electrons. The SMILES string of the molecule is CC(CCCNC(=O)OC(C)(C)C)OS(=O)(=O)c1ccccc1. The fourth-order valence-corrected chi connectivity index (χ4v) is 2.93. The Morgan fingerprint density at radius 2 is 1.83 bits per heavy atom. The van der Waals surface area contributed by atoms with E-state index in [1.54, 1.807) is 45.9 Å². The zero-order valence-corrected chi connectivity index (χ0v) is 14.9. The van der Waals surface area contributed by atoms with Crippen molar-refractivity contribution in [1.82, 2.24) is 5.32 Å². The Kier molecular flexibility index (Phi) is 7.02. The van der Waals surface area contributed by atoms with Crippen LogP contribution in [-0.4, -0.2) is 32.8 Å². The second-order valence-electron chi connectivity index (χ2n) is 6.24. The van der Waals surface area contributed by atoms with Crippen molar-refractivity contribution < 1.29 is 22.1 Å². The normalized spacial score (nSPS) is 13.4. The Bertz CT molecular complexity index is 593. The van der Waals surface area contributed by atoms with Crippen LogP contribution in [0.1, 0.15) is 40.5 Å². The lowest BCUT2D eigenvalue weighted by molar-refractivity contribution is 0.0525. The second-order valence-corrected chi connectivity index (χ2v) is 7.82. The van der Waals surface area contributed by atoms with Gasteiger partial charge in [-0.3, -0.25) is 4.18 Å². The largest absolute Gasteiger partial charge is 0.444 e. The molecule has 1 amide bonds. The van der Waals surface area contributed by atoms with Gasteiger partial charge in [0.25, 0.3) is 10.1 Å². The van der Waals surface area contributed by atoms with Crippen LogP contribution in [0, 0.1) is 0 Å². The fraction of sp³-hybridized carbons (Fsp3) is 0.562. The van der Waals surface area contributed by atoms with E-state index in [4.69, 9.17) is 8.92 Å². The third-order valence-corrected chi connectivity index (χ3v) is 4.21. The van der Waals surface area contributed by atoms with Crippen LogP contribution in [0.15, 0.2) is 35.2 Å². The van der Waals surface area contributed by atoms with Gasteiger partial charge in [-0.25, -0.2) is 4.79 Å². The summed E-state index contributed by atoms with van der Waals surface area (Å²) >= 11 is 0. The summed E-state index contributed by atoms with van der Waals surface area (Å²) in [6.07, 6.45) is 0.135. The van der Waals surface area contributed by atoms with E-state index in [1.807, 2.05) is 0 Å². The van der Waals surface area contributed by atoms with Crippen LogP contribution in [0.4, 0.5) is 4.79 Å². The van der Waals surface area contributed by atoms with Crippen LogP contribution < -0.4 is 5.32 Å². The van der Waals surface area contributed by atoms with Crippen LogP contribution in [-0.2, 0) is 19.0 Å². The van der Waals surface area contributed by atoms with Gasteiger partial charge in [0.2, 0.25) is 0 Å². The highest BCUT2D eigenvalue weighted by molar-refractivity contribution is 7.86. The minimum absolute atomic E-state index is 0.138. The Morgan fingerprint density at radius 3 is 2.39 bits per heavy atom. The highest BCUT2D eigenvalue weighted by Crippen LogP contribution is 2.15. The van der Waals surface area contributed by atoms with Crippen molar-refractivity contribution in [2.24, 2.45) is 0 Å². The van der Waals surface area contributed by atoms with Gasteiger partial charge < -0.3 is 10.1 Å². The van der Waals surface area contributed by atoms with Gasteiger partial charge in [0, 0.05) is 6.54 Å². The lowest BCUT2D eigenvalue weighted by atomic mass is 10.2. The van der Waals surface area contributed by atoms with Crippen molar-refractivity contribution >= 4 is 16.2 Å². The molecular formula is C16H25NO5S. The summed E-state index contributed by atoms with van der Waals surface area (Å²) in [6.45, 7) is 7.45. The van der Waals surface area contributed by atoms with Crippen LogP contribution in [0.5, 0.6) is 0 Å². The number of rotatable bonds is 7. The van der Waals surface area contributed by atoms with Crippen LogP contribution in [0.2, 0.25) is 0 Å². The summed E-state index contributed by atoms with van der Waals surface area (Å²) in [4.78, 5) is 11.6. The molecule has 0 radical (unpaired) electrons. The number of nitrogens with one attached hydrogen (secondary N) is 1. The molecule has 0 spiro atoms. The molecule has 6 nitrogen and oxygen atoms in total. The molecule has 0 bridgehead atoms.